The number of aryl methyl sites for hydroxylation is 1. The molecule has 2 heteroatoms. The molecule has 2 aromatic carbocycles. The highest BCUT2D eigenvalue weighted by molar-refractivity contribution is 5.37. The molecule has 1 saturated heterocycles. The molecule has 3 unspecified atom stereocenters. The van der Waals surface area contributed by atoms with Gasteiger partial charge in [-0.2, -0.15) is 0 Å². The minimum atomic E-state index is 0.442. The fourth-order valence-corrected chi connectivity index (χ4v) is 3.21. The van der Waals surface area contributed by atoms with Gasteiger partial charge in [-0.1, -0.05) is 43.3 Å². The van der Waals surface area contributed by atoms with E-state index in [1.807, 2.05) is 18.2 Å². The van der Waals surface area contributed by atoms with Crippen LogP contribution in [0.15, 0.2) is 48.5 Å². The topological polar surface area (TPSA) is 21.8 Å². The normalized spacial score (nSPS) is 21.0. The molecule has 0 spiro atoms. The zero-order valence-electron chi connectivity index (χ0n) is 14.3. The monoisotopic (exact) mass is 310 g/mol. The first-order valence-corrected chi connectivity index (χ1v) is 8.60. The van der Waals surface area contributed by atoms with Gasteiger partial charge in [-0.3, -0.25) is 0 Å². The molecule has 3 atom stereocenters. The van der Waals surface area contributed by atoms with Crippen LogP contribution in [0, 0.1) is 6.92 Å². The van der Waals surface area contributed by atoms with Gasteiger partial charge in [-0.25, -0.2) is 0 Å². The van der Waals surface area contributed by atoms with Crippen molar-refractivity contribution in [3.05, 3.63) is 65.2 Å². The molecule has 1 aliphatic heterocycles. The molecule has 2 nitrogen and oxygen atoms in total. The lowest BCUT2D eigenvalue weighted by molar-refractivity contribution is 0.306. The Labute approximate surface area is 139 Å². The third-order valence-corrected chi connectivity index (χ3v) is 4.78. The van der Waals surface area contributed by atoms with Gasteiger partial charge in [-0.15, -0.1) is 0 Å². The molecule has 122 valence electrons. The third kappa shape index (κ3) is 4.14. The molecule has 2 aromatic rings. The summed E-state index contributed by atoms with van der Waals surface area (Å²) in [5.74, 6) is 1.52. The van der Waals surface area contributed by atoms with Gasteiger partial charge < -0.3 is 9.47 Å². The smallest absolute Gasteiger partial charge is 0.120 e. The van der Waals surface area contributed by atoms with Crippen molar-refractivity contribution >= 4 is 0 Å². The second-order valence-electron chi connectivity index (χ2n) is 6.51. The zero-order valence-corrected chi connectivity index (χ0v) is 14.3. The first kappa shape index (κ1) is 16.1. The van der Waals surface area contributed by atoms with Gasteiger partial charge in [0.15, 0.2) is 0 Å². The average molecular weight is 310 g/mol. The maximum absolute atomic E-state index is 5.93. The number of ether oxygens (including phenoxy) is 2. The lowest BCUT2D eigenvalue weighted by Crippen LogP contribution is -2.05. The summed E-state index contributed by atoms with van der Waals surface area (Å²) in [5, 5.41) is 0. The molecule has 1 heterocycles. The first-order chi connectivity index (χ1) is 11.2. The van der Waals surface area contributed by atoms with E-state index in [1.165, 1.54) is 16.7 Å². The van der Waals surface area contributed by atoms with Crippen molar-refractivity contribution in [2.24, 2.45) is 0 Å². The van der Waals surface area contributed by atoms with Crippen molar-refractivity contribution in [2.45, 2.75) is 58.3 Å². The quantitative estimate of drug-likeness (QED) is 0.652. The number of epoxide rings is 1. The van der Waals surface area contributed by atoms with E-state index >= 15 is 0 Å². The predicted octanol–water partition coefficient (Wildman–Crippen LogP) is 5.25. The van der Waals surface area contributed by atoms with Crippen molar-refractivity contribution in [1.82, 2.24) is 0 Å². The first-order valence-electron chi connectivity index (χ1n) is 8.60. The molecule has 1 fully saturated rings. The van der Waals surface area contributed by atoms with E-state index in [1.54, 1.807) is 0 Å². The summed E-state index contributed by atoms with van der Waals surface area (Å²) in [5.41, 5.74) is 3.94. The Kier molecular flexibility index (Phi) is 5.02. The molecule has 0 saturated carbocycles. The maximum Gasteiger partial charge on any atom is 0.120 e. The lowest BCUT2D eigenvalue weighted by Gasteiger charge is -2.18. The van der Waals surface area contributed by atoms with Gasteiger partial charge >= 0.3 is 0 Å². The van der Waals surface area contributed by atoms with Gasteiger partial charge in [0.1, 0.15) is 12.4 Å². The Morgan fingerprint density at radius 1 is 1.13 bits per heavy atom. The molecule has 3 rings (SSSR count). The molecule has 0 aliphatic carbocycles. The number of benzene rings is 2. The van der Waals surface area contributed by atoms with Crippen molar-refractivity contribution < 1.29 is 9.47 Å². The van der Waals surface area contributed by atoms with E-state index in [0.717, 1.165) is 18.6 Å². The third-order valence-electron chi connectivity index (χ3n) is 4.78. The average Bonchev–Trinajstić information content (AvgIpc) is 3.27. The van der Waals surface area contributed by atoms with Crippen LogP contribution in [0.2, 0.25) is 0 Å². The summed E-state index contributed by atoms with van der Waals surface area (Å²) < 4.78 is 11.5. The van der Waals surface area contributed by atoms with E-state index in [9.17, 15) is 0 Å². The van der Waals surface area contributed by atoms with Crippen LogP contribution in [0.5, 0.6) is 5.75 Å². The van der Waals surface area contributed by atoms with Crippen molar-refractivity contribution in [2.75, 3.05) is 0 Å². The van der Waals surface area contributed by atoms with Crippen molar-refractivity contribution in [3.63, 3.8) is 0 Å². The highest BCUT2D eigenvalue weighted by Crippen LogP contribution is 2.36. The van der Waals surface area contributed by atoms with Crippen LogP contribution < -0.4 is 4.74 Å². The van der Waals surface area contributed by atoms with E-state index in [4.69, 9.17) is 9.47 Å². The van der Waals surface area contributed by atoms with Crippen LogP contribution in [-0.4, -0.2) is 12.2 Å². The predicted molar refractivity (Wildman–Crippen MR) is 93.9 cm³/mol. The molecule has 0 bridgehead atoms. The van der Waals surface area contributed by atoms with E-state index in [0.29, 0.717) is 24.7 Å². The Bertz CT molecular complexity index is 636. The zero-order chi connectivity index (χ0) is 16.2. The number of hydrogen-bond acceptors (Lipinski definition) is 2. The maximum atomic E-state index is 5.93. The van der Waals surface area contributed by atoms with Crippen LogP contribution in [0.3, 0.4) is 0 Å². The van der Waals surface area contributed by atoms with E-state index in [-0.39, 0.29) is 0 Å². The molecule has 0 aromatic heterocycles. The summed E-state index contributed by atoms with van der Waals surface area (Å²) in [6.45, 7) is 7.22. The van der Waals surface area contributed by atoms with Gasteiger partial charge in [0.25, 0.3) is 0 Å². The van der Waals surface area contributed by atoms with Crippen LogP contribution in [-0.2, 0) is 11.3 Å². The van der Waals surface area contributed by atoms with Crippen LogP contribution in [0.25, 0.3) is 0 Å². The van der Waals surface area contributed by atoms with Crippen LogP contribution in [0.4, 0.5) is 0 Å². The fraction of sp³-hybridized carbons (Fsp3) is 0.429. The Hall–Kier alpha value is -1.80. The Balaban J connectivity index is 1.64. The Morgan fingerprint density at radius 3 is 2.48 bits per heavy atom. The molecular formula is C21H26O2. The molecule has 0 amide bonds. The van der Waals surface area contributed by atoms with Crippen LogP contribution >= 0.6 is 0 Å². The summed E-state index contributed by atoms with van der Waals surface area (Å²) in [4.78, 5) is 0. The minimum absolute atomic E-state index is 0.442. The van der Waals surface area contributed by atoms with Gasteiger partial charge in [0, 0.05) is 0 Å². The van der Waals surface area contributed by atoms with Gasteiger partial charge in [0.2, 0.25) is 0 Å². The molecule has 23 heavy (non-hydrogen) atoms. The summed E-state index contributed by atoms with van der Waals surface area (Å²) in [6.07, 6.45) is 3.17. The van der Waals surface area contributed by atoms with Gasteiger partial charge in [-0.05, 0) is 61.4 Å². The highest BCUT2D eigenvalue weighted by Gasteiger charge is 2.36. The lowest BCUT2D eigenvalue weighted by atomic mass is 9.88. The highest BCUT2D eigenvalue weighted by atomic mass is 16.6. The Morgan fingerprint density at radius 2 is 1.87 bits per heavy atom. The van der Waals surface area contributed by atoms with Crippen LogP contribution in [0.1, 0.15) is 49.3 Å². The van der Waals surface area contributed by atoms with E-state index in [2.05, 4.69) is 51.1 Å². The van der Waals surface area contributed by atoms with E-state index < -0.39 is 0 Å². The summed E-state index contributed by atoms with van der Waals surface area (Å²) >= 11 is 0. The minimum Gasteiger partial charge on any atom is -0.489 e. The van der Waals surface area contributed by atoms with Gasteiger partial charge in [0.05, 0.1) is 12.2 Å². The summed E-state index contributed by atoms with van der Waals surface area (Å²) in [6, 6.07) is 16.8. The molecule has 0 N–H and O–H groups in total. The molecular weight excluding hydrogens is 284 g/mol. The van der Waals surface area contributed by atoms with Crippen molar-refractivity contribution in [3.8, 4) is 5.75 Å². The second kappa shape index (κ2) is 7.18. The molecule has 1 aliphatic rings. The fourth-order valence-electron chi connectivity index (χ4n) is 3.21. The van der Waals surface area contributed by atoms with Crippen molar-refractivity contribution in [1.29, 1.82) is 0 Å². The summed E-state index contributed by atoms with van der Waals surface area (Å²) in [7, 11) is 0. The largest absolute Gasteiger partial charge is 0.489 e. The molecule has 0 radical (unpaired) electrons. The number of hydrogen-bond donors (Lipinski definition) is 0. The SMILES string of the molecule is CCC(CC1OC1C)c1ccc(OCc2ccccc2)cc1C. The second-order valence-corrected chi connectivity index (χ2v) is 6.51. The number of rotatable bonds is 7. The standard InChI is InChI=1S/C21H26O2/c1-4-18(13-21-16(3)23-21)20-11-10-19(12-15(20)2)22-14-17-8-6-5-7-9-17/h5-12,16,18,21H,4,13-14H2,1-3H3.